The Morgan fingerprint density at radius 1 is 1.14 bits per heavy atom. The van der Waals surface area contributed by atoms with Crippen LogP contribution in [0, 0.1) is 17.0 Å². The number of carbonyl (C=O) groups is 1. The summed E-state index contributed by atoms with van der Waals surface area (Å²) in [7, 11) is 3.08. The van der Waals surface area contributed by atoms with Crippen molar-refractivity contribution >= 4 is 23.1 Å². The molecule has 2 amide bonds. The topological polar surface area (TPSA) is 120 Å². The Kier molecular flexibility index (Phi) is 5.35. The molecule has 0 spiro atoms. The molecule has 10 nitrogen and oxygen atoms in total. The highest BCUT2D eigenvalue weighted by molar-refractivity contribution is 6.01. The summed E-state index contributed by atoms with van der Waals surface area (Å²) in [6, 6.07) is 12.1. The van der Waals surface area contributed by atoms with E-state index < -0.39 is 16.5 Å². The van der Waals surface area contributed by atoms with E-state index in [1.807, 2.05) is 6.07 Å². The van der Waals surface area contributed by atoms with E-state index in [-0.39, 0.29) is 22.8 Å². The number of nitro benzene ring substituents is 1. The lowest BCUT2D eigenvalue weighted by atomic mass is 10.2. The average molecular weight is 397 g/mol. The van der Waals surface area contributed by atoms with Gasteiger partial charge in [-0.1, -0.05) is 18.2 Å². The van der Waals surface area contributed by atoms with Crippen LogP contribution in [0.1, 0.15) is 5.69 Å². The largest absolute Gasteiger partial charge is 0.495 e. The minimum absolute atomic E-state index is 0.0956. The Bertz CT molecular complexity index is 1130. The molecule has 0 atom stereocenters. The van der Waals surface area contributed by atoms with Gasteiger partial charge >= 0.3 is 6.03 Å². The predicted molar refractivity (Wildman–Crippen MR) is 108 cm³/mol. The van der Waals surface area contributed by atoms with Crippen LogP contribution in [0.4, 0.5) is 21.9 Å². The van der Waals surface area contributed by atoms with Crippen molar-refractivity contribution in [2.45, 2.75) is 6.92 Å². The Labute approximate surface area is 165 Å². The van der Waals surface area contributed by atoms with E-state index in [1.165, 1.54) is 30.0 Å². The van der Waals surface area contributed by atoms with Crippen LogP contribution in [-0.2, 0) is 7.05 Å². The number of carbonyl (C=O) groups excluding carboxylic acids is 1. The number of anilines is 2. The second-order valence-corrected chi connectivity index (χ2v) is 6.16. The van der Waals surface area contributed by atoms with Crippen molar-refractivity contribution in [3.05, 3.63) is 74.7 Å². The van der Waals surface area contributed by atoms with Crippen molar-refractivity contribution in [1.82, 2.24) is 9.36 Å². The van der Waals surface area contributed by atoms with Crippen LogP contribution >= 0.6 is 0 Å². The Morgan fingerprint density at radius 3 is 2.45 bits per heavy atom. The van der Waals surface area contributed by atoms with Crippen LogP contribution in [0.3, 0.4) is 0 Å². The number of nitrogens with zero attached hydrogens (tertiary/aromatic N) is 3. The molecule has 0 aliphatic carbocycles. The molecule has 0 aliphatic rings. The first-order valence-corrected chi connectivity index (χ1v) is 8.58. The van der Waals surface area contributed by atoms with Crippen LogP contribution in [0.5, 0.6) is 5.75 Å². The maximum Gasteiger partial charge on any atom is 0.323 e. The van der Waals surface area contributed by atoms with Gasteiger partial charge in [0.15, 0.2) is 0 Å². The van der Waals surface area contributed by atoms with Gasteiger partial charge in [0.25, 0.3) is 11.2 Å². The number of methoxy groups -OCH3 is 1. The third-order valence-electron chi connectivity index (χ3n) is 4.43. The first-order valence-electron chi connectivity index (χ1n) is 8.58. The number of non-ortho nitro benzene ring substituents is 1. The third-order valence-corrected chi connectivity index (χ3v) is 4.43. The number of rotatable bonds is 5. The zero-order valence-electron chi connectivity index (χ0n) is 16.0. The Morgan fingerprint density at radius 2 is 1.83 bits per heavy atom. The number of hydrogen-bond donors (Lipinski definition) is 2. The molecule has 1 aromatic heterocycles. The minimum Gasteiger partial charge on any atom is -0.495 e. The van der Waals surface area contributed by atoms with Crippen LogP contribution in [0.25, 0.3) is 5.69 Å². The van der Waals surface area contributed by atoms with Crippen LogP contribution in [0.15, 0.2) is 53.3 Å². The second kappa shape index (κ2) is 7.89. The normalized spacial score (nSPS) is 10.4. The summed E-state index contributed by atoms with van der Waals surface area (Å²) in [5.41, 5.74) is 0.784. The lowest BCUT2D eigenvalue weighted by Crippen LogP contribution is -2.25. The number of nitro groups is 1. The highest BCUT2D eigenvalue weighted by Crippen LogP contribution is 2.29. The molecule has 29 heavy (non-hydrogen) atoms. The number of hydrogen-bond acceptors (Lipinski definition) is 5. The van der Waals surface area contributed by atoms with Crippen molar-refractivity contribution in [1.29, 1.82) is 0 Å². The molecule has 2 aromatic carbocycles. The maximum absolute atomic E-state index is 12.9. The molecule has 0 saturated heterocycles. The lowest BCUT2D eigenvalue weighted by molar-refractivity contribution is -0.384. The molecule has 0 fully saturated rings. The van der Waals surface area contributed by atoms with Crippen molar-refractivity contribution in [2.75, 3.05) is 17.7 Å². The van der Waals surface area contributed by atoms with E-state index >= 15 is 0 Å². The van der Waals surface area contributed by atoms with Gasteiger partial charge in [0.1, 0.15) is 11.4 Å². The van der Waals surface area contributed by atoms with Gasteiger partial charge in [-0.05, 0) is 25.1 Å². The molecular weight excluding hydrogens is 378 g/mol. The monoisotopic (exact) mass is 397 g/mol. The van der Waals surface area contributed by atoms with Gasteiger partial charge in [0.05, 0.1) is 29.1 Å². The van der Waals surface area contributed by atoms with Gasteiger partial charge in [-0.3, -0.25) is 19.6 Å². The molecule has 0 saturated carbocycles. The molecule has 0 bridgehead atoms. The van der Waals surface area contributed by atoms with Crippen molar-refractivity contribution in [2.24, 2.45) is 7.05 Å². The number of urea groups is 1. The highest BCUT2D eigenvalue weighted by Gasteiger charge is 2.19. The van der Waals surface area contributed by atoms with E-state index in [9.17, 15) is 19.7 Å². The molecule has 3 aromatic rings. The van der Waals surface area contributed by atoms with Gasteiger partial charge in [0.2, 0.25) is 0 Å². The molecule has 0 radical (unpaired) electrons. The number of amides is 2. The number of para-hydroxylation sites is 1. The standard InChI is InChI=1S/C19H19N5O5/c1-12-17(18(25)23(22(12)2)13-7-5-4-6-8-13)21-19(26)20-15-11-14(24(27)28)9-10-16(15)29-3/h4-11H,1-3H3,(H2,20,21,26). The van der Waals surface area contributed by atoms with Gasteiger partial charge in [-0.2, -0.15) is 0 Å². The predicted octanol–water partition coefficient (Wildman–Crippen LogP) is 3.05. The summed E-state index contributed by atoms with van der Waals surface area (Å²) in [6.07, 6.45) is 0. The van der Waals surface area contributed by atoms with Crippen LogP contribution in [-0.4, -0.2) is 27.4 Å². The first-order chi connectivity index (χ1) is 13.8. The zero-order chi connectivity index (χ0) is 21.1. The van der Waals surface area contributed by atoms with E-state index in [2.05, 4.69) is 10.6 Å². The number of ether oxygens (including phenoxy) is 1. The van der Waals surface area contributed by atoms with E-state index in [1.54, 1.807) is 42.9 Å². The third kappa shape index (κ3) is 3.81. The van der Waals surface area contributed by atoms with Crippen molar-refractivity contribution in [3.8, 4) is 11.4 Å². The molecule has 1 heterocycles. The fourth-order valence-electron chi connectivity index (χ4n) is 2.89. The smallest absolute Gasteiger partial charge is 0.323 e. The fraction of sp³-hybridized carbons (Fsp3) is 0.158. The summed E-state index contributed by atoms with van der Waals surface area (Å²) in [6.45, 7) is 1.70. The van der Waals surface area contributed by atoms with Gasteiger partial charge < -0.3 is 15.4 Å². The molecule has 10 heteroatoms. The van der Waals surface area contributed by atoms with E-state index in [0.717, 1.165) is 0 Å². The molecule has 0 unspecified atom stereocenters. The summed E-state index contributed by atoms with van der Waals surface area (Å²) in [5, 5.41) is 16.0. The summed E-state index contributed by atoms with van der Waals surface area (Å²) >= 11 is 0. The van der Waals surface area contributed by atoms with Crippen LogP contribution < -0.4 is 20.9 Å². The van der Waals surface area contributed by atoms with Crippen LogP contribution in [0.2, 0.25) is 0 Å². The summed E-state index contributed by atoms with van der Waals surface area (Å²) in [4.78, 5) is 35.7. The minimum atomic E-state index is -0.727. The zero-order valence-corrected chi connectivity index (χ0v) is 16.0. The lowest BCUT2D eigenvalue weighted by Gasteiger charge is -2.10. The van der Waals surface area contributed by atoms with Gasteiger partial charge in [-0.15, -0.1) is 0 Å². The summed E-state index contributed by atoms with van der Waals surface area (Å²) < 4.78 is 8.18. The SMILES string of the molecule is COc1ccc([N+](=O)[O-])cc1NC(=O)Nc1c(C)n(C)n(-c2ccccc2)c1=O. The van der Waals surface area contributed by atoms with Crippen molar-refractivity contribution in [3.63, 3.8) is 0 Å². The van der Waals surface area contributed by atoms with Crippen molar-refractivity contribution < 1.29 is 14.5 Å². The second-order valence-electron chi connectivity index (χ2n) is 6.16. The molecule has 3 rings (SSSR count). The van der Waals surface area contributed by atoms with E-state index in [0.29, 0.717) is 11.4 Å². The number of nitrogens with one attached hydrogen (secondary N) is 2. The molecule has 150 valence electrons. The first kappa shape index (κ1) is 19.7. The average Bonchev–Trinajstić information content (AvgIpc) is 2.91. The van der Waals surface area contributed by atoms with Gasteiger partial charge in [-0.25, -0.2) is 9.48 Å². The molecular formula is C19H19N5O5. The Balaban J connectivity index is 1.90. The Hall–Kier alpha value is -4.08. The molecule has 0 aliphatic heterocycles. The number of benzene rings is 2. The number of aromatic nitrogens is 2. The summed E-state index contributed by atoms with van der Waals surface area (Å²) in [5.74, 6) is 0.247. The fourth-order valence-corrected chi connectivity index (χ4v) is 2.89. The van der Waals surface area contributed by atoms with E-state index in [4.69, 9.17) is 4.74 Å². The maximum atomic E-state index is 12.9. The highest BCUT2D eigenvalue weighted by atomic mass is 16.6. The molecule has 2 N–H and O–H groups in total. The quantitative estimate of drug-likeness (QED) is 0.506. The van der Waals surface area contributed by atoms with Gasteiger partial charge in [0, 0.05) is 19.2 Å².